The molecule has 3 aromatic rings. The van der Waals surface area contributed by atoms with E-state index in [0.717, 1.165) is 5.56 Å². The number of anilines is 1. The van der Waals surface area contributed by atoms with Crippen LogP contribution in [0.1, 0.15) is 17.2 Å². The maximum absolute atomic E-state index is 13.4. The van der Waals surface area contributed by atoms with Gasteiger partial charge in [0.15, 0.2) is 6.10 Å². The third-order valence-electron chi connectivity index (χ3n) is 5.18. The summed E-state index contributed by atoms with van der Waals surface area (Å²) in [5.74, 6) is 0.230. The zero-order valence-electron chi connectivity index (χ0n) is 16.8. The molecule has 0 radical (unpaired) electrons. The molecule has 160 valence electrons. The largest absolute Gasteiger partial charge is 0.508 e. The SMILES string of the molecule is Cc1ccc(OCC(O)C2OC(=O)N(c3ccc(F)cc3)[C@@H]2c2ccc(O)cc2)cc1. The molecule has 1 aliphatic rings. The Morgan fingerprint density at radius 1 is 1.03 bits per heavy atom. The van der Waals surface area contributed by atoms with Crippen molar-refractivity contribution in [3.8, 4) is 11.5 Å². The first kappa shape index (κ1) is 20.7. The zero-order valence-corrected chi connectivity index (χ0v) is 16.8. The normalized spacial score (nSPS) is 19.2. The Hall–Kier alpha value is -3.58. The lowest BCUT2D eigenvalue weighted by Crippen LogP contribution is -2.38. The number of rotatable bonds is 6. The maximum atomic E-state index is 13.4. The van der Waals surface area contributed by atoms with Crippen molar-refractivity contribution in [2.45, 2.75) is 25.2 Å². The highest BCUT2D eigenvalue weighted by Crippen LogP contribution is 2.39. The number of aromatic hydroxyl groups is 1. The summed E-state index contributed by atoms with van der Waals surface area (Å²) < 4.78 is 24.6. The van der Waals surface area contributed by atoms with Crippen molar-refractivity contribution in [2.24, 2.45) is 0 Å². The van der Waals surface area contributed by atoms with Gasteiger partial charge in [-0.3, -0.25) is 4.90 Å². The van der Waals surface area contributed by atoms with Crippen LogP contribution >= 0.6 is 0 Å². The van der Waals surface area contributed by atoms with Crippen molar-refractivity contribution in [2.75, 3.05) is 11.5 Å². The second-order valence-corrected chi connectivity index (χ2v) is 7.42. The molecule has 4 rings (SSSR count). The summed E-state index contributed by atoms with van der Waals surface area (Å²) in [4.78, 5) is 14.1. The van der Waals surface area contributed by atoms with Crippen molar-refractivity contribution in [3.63, 3.8) is 0 Å². The molecule has 7 heteroatoms. The number of ether oxygens (including phenoxy) is 2. The van der Waals surface area contributed by atoms with Gasteiger partial charge >= 0.3 is 6.09 Å². The van der Waals surface area contributed by atoms with Crippen molar-refractivity contribution < 1.29 is 28.9 Å². The van der Waals surface area contributed by atoms with Crippen molar-refractivity contribution >= 4 is 11.8 Å². The second-order valence-electron chi connectivity index (χ2n) is 7.42. The lowest BCUT2D eigenvalue weighted by molar-refractivity contribution is -0.00646. The molecule has 3 aromatic carbocycles. The van der Waals surface area contributed by atoms with Crippen molar-refractivity contribution in [1.82, 2.24) is 0 Å². The van der Waals surface area contributed by atoms with Crippen molar-refractivity contribution in [3.05, 3.63) is 89.7 Å². The quantitative estimate of drug-likeness (QED) is 0.616. The van der Waals surface area contributed by atoms with E-state index in [1.54, 1.807) is 24.3 Å². The number of phenolic OH excluding ortho intramolecular Hbond substituents is 1. The number of aryl methyl sites for hydroxylation is 1. The minimum Gasteiger partial charge on any atom is -0.508 e. The summed E-state index contributed by atoms with van der Waals surface area (Å²) in [7, 11) is 0. The van der Waals surface area contributed by atoms with E-state index in [9.17, 15) is 19.4 Å². The molecule has 0 bridgehead atoms. The fraction of sp³-hybridized carbons (Fsp3) is 0.208. The minimum absolute atomic E-state index is 0.0714. The van der Waals surface area contributed by atoms with Crippen LogP contribution in [0.2, 0.25) is 0 Å². The van der Waals surface area contributed by atoms with Gasteiger partial charge in [0.2, 0.25) is 0 Å². The molecule has 0 aromatic heterocycles. The van der Waals surface area contributed by atoms with Gasteiger partial charge in [0, 0.05) is 5.69 Å². The Morgan fingerprint density at radius 2 is 1.68 bits per heavy atom. The topological polar surface area (TPSA) is 79.2 Å². The van der Waals surface area contributed by atoms with Crippen LogP contribution in [0, 0.1) is 12.7 Å². The number of aliphatic hydroxyl groups is 1. The first-order valence-electron chi connectivity index (χ1n) is 9.84. The number of nitrogens with zero attached hydrogens (tertiary/aromatic N) is 1. The van der Waals surface area contributed by atoms with Gasteiger partial charge in [-0.05, 0) is 61.0 Å². The van der Waals surface area contributed by atoms with E-state index in [0.29, 0.717) is 17.0 Å². The van der Waals surface area contributed by atoms with Gasteiger partial charge in [-0.2, -0.15) is 0 Å². The number of hydrogen-bond acceptors (Lipinski definition) is 5. The van der Waals surface area contributed by atoms with Crippen LogP contribution < -0.4 is 9.64 Å². The lowest BCUT2D eigenvalue weighted by Gasteiger charge is -2.27. The van der Waals surface area contributed by atoms with Crippen LogP contribution in [-0.4, -0.2) is 35.1 Å². The number of hydrogen-bond donors (Lipinski definition) is 2. The predicted octanol–water partition coefficient (Wildman–Crippen LogP) is 4.35. The first-order valence-corrected chi connectivity index (χ1v) is 9.84. The molecule has 1 amide bonds. The number of aliphatic hydroxyl groups excluding tert-OH is 1. The first-order chi connectivity index (χ1) is 14.9. The molecule has 2 N–H and O–H groups in total. The number of halogens is 1. The third kappa shape index (κ3) is 4.46. The highest BCUT2D eigenvalue weighted by molar-refractivity contribution is 5.91. The number of amides is 1. The molecule has 1 fully saturated rings. The van der Waals surface area contributed by atoms with Crippen LogP contribution in [0.15, 0.2) is 72.8 Å². The minimum atomic E-state index is -1.13. The van der Waals surface area contributed by atoms with Crippen LogP contribution in [-0.2, 0) is 4.74 Å². The molecule has 1 aliphatic heterocycles. The number of phenols is 1. The van der Waals surface area contributed by atoms with E-state index in [1.165, 1.54) is 41.3 Å². The van der Waals surface area contributed by atoms with Gasteiger partial charge in [0.05, 0.1) is 0 Å². The molecular weight excluding hydrogens is 401 g/mol. The van der Waals surface area contributed by atoms with E-state index in [2.05, 4.69) is 0 Å². The van der Waals surface area contributed by atoms with Gasteiger partial charge in [-0.25, -0.2) is 9.18 Å². The Labute approximate surface area is 179 Å². The molecule has 0 spiro atoms. The summed E-state index contributed by atoms with van der Waals surface area (Å²) in [5.41, 5.74) is 2.16. The van der Waals surface area contributed by atoms with Gasteiger partial charge in [-0.1, -0.05) is 29.8 Å². The molecule has 3 atom stereocenters. The Balaban J connectivity index is 1.61. The summed E-state index contributed by atoms with van der Waals surface area (Å²) in [6.07, 6.45) is -2.73. The predicted molar refractivity (Wildman–Crippen MR) is 113 cm³/mol. The highest BCUT2D eigenvalue weighted by Gasteiger charge is 2.47. The van der Waals surface area contributed by atoms with Gasteiger partial charge in [0.1, 0.15) is 36.1 Å². The zero-order chi connectivity index (χ0) is 22.0. The van der Waals surface area contributed by atoms with E-state index < -0.39 is 30.2 Å². The third-order valence-corrected chi connectivity index (χ3v) is 5.18. The lowest BCUT2D eigenvalue weighted by atomic mass is 9.96. The van der Waals surface area contributed by atoms with E-state index in [4.69, 9.17) is 9.47 Å². The number of cyclic esters (lactones) is 1. The standard InChI is InChI=1S/C24H22FNO5/c1-15-2-12-20(13-3-15)30-14-21(28)23-22(16-4-10-19(27)11-5-16)26(24(29)31-23)18-8-6-17(25)7-9-18/h2-13,21-23,27-28H,14H2,1H3/t21?,22-,23?/m1/s1. The molecule has 31 heavy (non-hydrogen) atoms. The van der Waals surface area contributed by atoms with E-state index >= 15 is 0 Å². The van der Waals surface area contributed by atoms with Crippen LogP contribution in [0.4, 0.5) is 14.9 Å². The maximum Gasteiger partial charge on any atom is 0.415 e. The molecule has 1 saturated heterocycles. The summed E-state index contributed by atoms with van der Waals surface area (Å²) in [6, 6.07) is 18.4. The van der Waals surface area contributed by atoms with Gasteiger partial charge < -0.3 is 19.7 Å². The van der Waals surface area contributed by atoms with Crippen molar-refractivity contribution in [1.29, 1.82) is 0 Å². The van der Waals surface area contributed by atoms with Crippen LogP contribution in [0.25, 0.3) is 0 Å². The fourth-order valence-electron chi connectivity index (χ4n) is 3.58. The molecule has 0 aliphatic carbocycles. The van der Waals surface area contributed by atoms with E-state index in [1.807, 2.05) is 19.1 Å². The fourth-order valence-corrected chi connectivity index (χ4v) is 3.58. The molecule has 6 nitrogen and oxygen atoms in total. The van der Waals surface area contributed by atoms with Crippen LogP contribution in [0.3, 0.4) is 0 Å². The second kappa shape index (κ2) is 8.65. The Morgan fingerprint density at radius 3 is 2.32 bits per heavy atom. The molecule has 2 unspecified atom stereocenters. The molecule has 0 saturated carbocycles. The highest BCUT2D eigenvalue weighted by atomic mass is 19.1. The summed E-state index contributed by atoms with van der Waals surface area (Å²) >= 11 is 0. The Kier molecular flexibility index (Phi) is 5.77. The van der Waals surface area contributed by atoms with E-state index in [-0.39, 0.29) is 12.4 Å². The number of carbonyl (C=O) groups excluding carboxylic acids is 1. The molecular formula is C24H22FNO5. The van der Waals surface area contributed by atoms with Gasteiger partial charge in [-0.15, -0.1) is 0 Å². The summed E-state index contributed by atoms with van der Waals surface area (Å²) in [5, 5.41) is 20.5. The average molecular weight is 423 g/mol. The Bertz CT molecular complexity index is 1040. The average Bonchev–Trinajstić information content (AvgIpc) is 3.11. The molecule has 1 heterocycles. The number of carbonyl (C=O) groups is 1. The smallest absolute Gasteiger partial charge is 0.415 e. The van der Waals surface area contributed by atoms with Gasteiger partial charge in [0.25, 0.3) is 0 Å². The summed E-state index contributed by atoms with van der Waals surface area (Å²) in [6.45, 7) is 1.87. The number of benzene rings is 3. The van der Waals surface area contributed by atoms with Crippen LogP contribution in [0.5, 0.6) is 11.5 Å². The monoisotopic (exact) mass is 423 g/mol.